The molecule has 1 aromatic heterocycles. The summed E-state index contributed by atoms with van der Waals surface area (Å²) in [6.45, 7) is 0. The smallest absolute Gasteiger partial charge is 0.376 e. The topological polar surface area (TPSA) is 52.1 Å². The number of halogens is 1. The Labute approximate surface area is 76.0 Å². The average molecular weight is 220 g/mol. The van der Waals surface area contributed by atoms with Gasteiger partial charge < -0.3 is 4.74 Å². The van der Waals surface area contributed by atoms with Crippen molar-refractivity contribution in [2.75, 3.05) is 7.04 Å². The van der Waals surface area contributed by atoms with E-state index >= 15 is 0 Å². The number of methoxy groups -OCH3 is 1. The summed E-state index contributed by atoms with van der Waals surface area (Å²) < 4.78 is 24.7. The summed E-state index contributed by atoms with van der Waals surface area (Å²) in [6, 6.07) is 0. The lowest BCUT2D eigenvalue weighted by atomic mass is 10.6. The number of hydrogen-bond donors (Lipinski definition) is 0. The van der Waals surface area contributed by atoms with Gasteiger partial charge in [-0.2, -0.15) is 0 Å². The molecule has 11 heavy (non-hydrogen) atoms. The first-order chi connectivity index (χ1) is 6.38. The van der Waals surface area contributed by atoms with Crippen molar-refractivity contribution in [3.8, 4) is 0 Å². The Kier molecular flexibility index (Phi) is 1.50. The highest BCUT2D eigenvalue weighted by Gasteiger charge is 2.06. The molecule has 0 N–H and O–H groups in total. The molecular formula is C6H5BrN2O2. The van der Waals surface area contributed by atoms with Gasteiger partial charge in [0, 0.05) is 12.4 Å². The number of hydrogen-bond acceptors (Lipinski definition) is 4. The van der Waals surface area contributed by atoms with Crippen LogP contribution in [0.3, 0.4) is 0 Å². The zero-order valence-corrected chi connectivity index (χ0v) is 6.83. The van der Waals surface area contributed by atoms with Crippen LogP contribution in [0.25, 0.3) is 0 Å². The Hall–Kier alpha value is -0.970. The van der Waals surface area contributed by atoms with Gasteiger partial charge in [0.1, 0.15) is 0 Å². The largest absolute Gasteiger partial charge is 0.463 e. The summed E-state index contributed by atoms with van der Waals surface area (Å²) in [5.74, 6) is -1.36. The van der Waals surface area contributed by atoms with Crippen LogP contribution in [0.15, 0.2) is 16.9 Å². The summed E-state index contributed by atoms with van der Waals surface area (Å²) in [4.78, 5) is 18.2. The SMILES string of the molecule is [2H]C([2H])([2H])OC(=O)c1ncc(Br)cn1. The van der Waals surface area contributed by atoms with Gasteiger partial charge >= 0.3 is 5.97 Å². The Morgan fingerprint density at radius 2 is 2.36 bits per heavy atom. The van der Waals surface area contributed by atoms with E-state index in [0.29, 0.717) is 4.47 Å². The van der Waals surface area contributed by atoms with Crippen molar-refractivity contribution in [2.45, 2.75) is 0 Å². The minimum Gasteiger partial charge on any atom is -0.463 e. The third-order valence-corrected chi connectivity index (χ3v) is 1.31. The molecule has 0 aliphatic carbocycles. The van der Waals surface area contributed by atoms with Crippen molar-refractivity contribution < 1.29 is 13.6 Å². The molecule has 1 rings (SSSR count). The monoisotopic (exact) mass is 219 g/mol. The maximum absolute atomic E-state index is 11.0. The minimum atomic E-state index is -2.77. The second kappa shape index (κ2) is 3.43. The van der Waals surface area contributed by atoms with Crippen LogP contribution in [0.2, 0.25) is 0 Å². The molecule has 0 radical (unpaired) electrons. The number of aromatic nitrogens is 2. The third-order valence-electron chi connectivity index (χ3n) is 0.896. The second-order valence-electron chi connectivity index (χ2n) is 1.61. The zero-order valence-electron chi connectivity index (χ0n) is 8.24. The number of esters is 1. The fraction of sp³-hybridized carbons (Fsp3) is 0.167. The number of nitrogens with zero attached hydrogens (tertiary/aromatic N) is 2. The van der Waals surface area contributed by atoms with Gasteiger partial charge in [0.15, 0.2) is 0 Å². The molecule has 58 valence electrons. The van der Waals surface area contributed by atoms with E-state index in [0.717, 1.165) is 0 Å². The lowest BCUT2D eigenvalue weighted by molar-refractivity contribution is 0.0586. The van der Waals surface area contributed by atoms with E-state index in [-0.39, 0.29) is 5.82 Å². The van der Waals surface area contributed by atoms with Gasteiger partial charge in [0.25, 0.3) is 0 Å². The van der Waals surface area contributed by atoms with Gasteiger partial charge in [-0.1, -0.05) is 0 Å². The maximum atomic E-state index is 11.0. The summed E-state index contributed by atoms with van der Waals surface area (Å²) in [6.07, 6.45) is 2.65. The minimum absolute atomic E-state index is 0.288. The van der Waals surface area contributed by atoms with Crippen LogP contribution in [0.5, 0.6) is 0 Å². The van der Waals surface area contributed by atoms with E-state index in [2.05, 4.69) is 30.6 Å². The molecule has 0 spiro atoms. The number of ether oxygens (including phenoxy) is 1. The van der Waals surface area contributed by atoms with Gasteiger partial charge in [0.2, 0.25) is 5.82 Å². The van der Waals surface area contributed by atoms with E-state index in [4.69, 9.17) is 4.11 Å². The van der Waals surface area contributed by atoms with E-state index in [1.54, 1.807) is 0 Å². The molecule has 0 fully saturated rings. The predicted octanol–water partition coefficient (Wildman–Crippen LogP) is 1.03. The number of rotatable bonds is 1. The van der Waals surface area contributed by atoms with Gasteiger partial charge in [-0.25, -0.2) is 14.8 Å². The molecule has 0 saturated heterocycles. The van der Waals surface area contributed by atoms with Gasteiger partial charge in [-0.3, -0.25) is 0 Å². The molecule has 1 aromatic rings. The van der Waals surface area contributed by atoms with Crippen LogP contribution in [0.4, 0.5) is 0 Å². The van der Waals surface area contributed by atoms with Crippen LogP contribution in [0.1, 0.15) is 14.7 Å². The van der Waals surface area contributed by atoms with Crippen LogP contribution in [0, 0.1) is 0 Å². The van der Waals surface area contributed by atoms with Crippen molar-refractivity contribution >= 4 is 21.9 Å². The highest BCUT2D eigenvalue weighted by atomic mass is 79.9. The molecule has 0 aliphatic heterocycles. The molecule has 0 atom stereocenters. The average Bonchev–Trinajstić information content (AvgIpc) is 2.02. The molecular weight excluding hydrogens is 212 g/mol. The van der Waals surface area contributed by atoms with E-state index < -0.39 is 13.0 Å². The van der Waals surface area contributed by atoms with Gasteiger partial charge in [-0.05, 0) is 15.9 Å². The van der Waals surface area contributed by atoms with Crippen LogP contribution in [-0.4, -0.2) is 23.0 Å². The summed E-state index contributed by atoms with van der Waals surface area (Å²) in [5, 5.41) is 0. The van der Waals surface area contributed by atoms with Crippen molar-refractivity contribution in [3.05, 3.63) is 22.7 Å². The van der Waals surface area contributed by atoms with Crippen LogP contribution in [-0.2, 0) is 4.74 Å². The number of carbonyl (C=O) groups is 1. The molecule has 5 heteroatoms. The molecule has 0 aromatic carbocycles. The molecule has 4 nitrogen and oxygen atoms in total. The Bertz CT molecular complexity index is 338. The highest BCUT2D eigenvalue weighted by molar-refractivity contribution is 9.10. The predicted molar refractivity (Wildman–Crippen MR) is 41.1 cm³/mol. The highest BCUT2D eigenvalue weighted by Crippen LogP contribution is 2.04. The number of carbonyl (C=O) groups excluding carboxylic acids is 1. The fourth-order valence-corrected chi connectivity index (χ4v) is 0.668. The first kappa shape index (κ1) is 4.82. The lowest BCUT2D eigenvalue weighted by Crippen LogP contribution is -2.06. The van der Waals surface area contributed by atoms with Crippen molar-refractivity contribution in [3.63, 3.8) is 0 Å². The lowest BCUT2D eigenvalue weighted by Gasteiger charge is -1.95. The molecule has 0 bridgehead atoms. The maximum Gasteiger partial charge on any atom is 0.376 e. The standard InChI is InChI=1S/C6H5BrN2O2/c1-11-6(10)5-8-2-4(7)3-9-5/h2-3H,1H3/i1D3. The zero-order chi connectivity index (χ0) is 10.8. The molecule has 0 amide bonds. The normalized spacial score (nSPS) is 14.5. The van der Waals surface area contributed by atoms with Crippen LogP contribution < -0.4 is 0 Å². The van der Waals surface area contributed by atoms with Crippen molar-refractivity contribution in [1.29, 1.82) is 0 Å². The van der Waals surface area contributed by atoms with E-state index in [9.17, 15) is 4.79 Å². The van der Waals surface area contributed by atoms with Crippen molar-refractivity contribution in [2.24, 2.45) is 0 Å². The quantitative estimate of drug-likeness (QED) is 0.663. The van der Waals surface area contributed by atoms with Crippen LogP contribution >= 0.6 is 15.9 Å². The summed E-state index contributed by atoms with van der Waals surface area (Å²) >= 11 is 3.07. The Morgan fingerprint density at radius 3 is 2.91 bits per heavy atom. The summed E-state index contributed by atoms with van der Waals surface area (Å²) in [5.41, 5.74) is 0. The van der Waals surface area contributed by atoms with Gasteiger partial charge in [0.05, 0.1) is 15.6 Å². The van der Waals surface area contributed by atoms with E-state index in [1.165, 1.54) is 12.4 Å². The van der Waals surface area contributed by atoms with E-state index in [1.807, 2.05) is 0 Å². The molecule has 0 saturated carbocycles. The first-order valence-electron chi connectivity index (χ1n) is 4.09. The first-order valence-corrected chi connectivity index (χ1v) is 3.39. The fourth-order valence-electron chi connectivity index (χ4n) is 0.463. The second-order valence-corrected chi connectivity index (χ2v) is 2.53. The molecule has 1 heterocycles. The molecule has 0 aliphatic rings. The molecule has 0 unspecified atom stereocenters. The third kappa shape index (κ3) is 1.98. The van der Waals surface area contributed by atoms with Crippen molar-refractivity contribution in [1.82, 2.24) is 9.97 Å². The summed E-state index contributed by atoms with van der Waals surface area (Å²) in [7, 11) is -2.77. The van der Waals surface area contributed by atoms with Gasteiger partial charge in [-0.15, -0.1) is 0 Å². The Balaban J connectivity index is 2.76. The Morgan fingerprint density at radius 1 is 1.73 bits per heavy atom.